The molecule has 1 aromatic rings. The minimum atomic E-state index is -0.505. The minimum Gasteiger partial charge on any atom is -0.379 e. The summed E-state index contributed by atoms with van der Waals surface area (Å²) in [6.45, 7) is 2.49. The van der Waals surface area contributed by atoms with Gasteiger partial charge in [0, 0.05) is 18.7 Å². The highest BCUT2D eigenvalue weighted by Gasteiger charge is 2.18. The van der Waals surface area contributed by atoms with Crippen molar-refractivity contribution in [1.29, 1.82) is 0 Å². The zero-order chi connectivity index (χ0) is 12.3. The monoisotopic (exact) mass is 239 g/mol. The molecule has 6 heteroatoms. The van der Waals surface area contributed by atoms with Gasteiger partial charge in [-0.05, 0) is 31.5 Å². The van der Waals surface area contributed by atoms with Crippen LogP contribution in [0.4, 0.5) is 15.8 Å². The molecule has 0 unspecified atom stereocenters. The summed E-state index contributed by atoms with van der Waals surface area (Å²) >= 11 is 0. The second-order valence-electron chi connectivity index (χ2n) is 4.16. The highest BCUT2D eigenvalue weighted by atomic mass is 19.1. The van der Waals surface area contributed by atoms with Crippen LogP contribution < -0.4 is 10.6 Å². The topological polar surface area (TPSA) is 67.2 Å². The van der Waals surface area contributed by atoms with Crippen LogP contribution in [0.15, 0.2) is 18.2 Å². The van der Waals surface area contributed by atoms with Gasteiger partial charge in [0.25, 0.3) is 5.69 Å². The third kappa shape index (κ3) is 2.91. The van der Waals surface area contributed by atoms with E-state index in [1.54, 1.807) is 0 Å². The predicted molar refractivity (Wildman–Crippen MR) is 62.5 cm³/mol. The largest absolute Gasteiger partial charge is 0.379 e. The molecular formula is C11H14FN3O2. The van der Waals surface area contributed by atoms with Crippen molar-refractivity contribution in [2.45, 2.75) is 6.42 Å². The third-order valence-electron chi connectivity index (χ3n) is 2.90. The number of rotatable bonds is 4. The standard InChI is InChI=1S/C11H14FN3O2/c12-9-1-2-11(15(16)17)10(5-9)14-7-8-3-4-13-6-8/h1-2,5,8,13-14H,3-4,6-7H2/t8-/m1/s1. The first-order valence-corrected chi connectivity index (χ1v) is 5.55. The summed E-state index contributed by atoms with van der Waals surface area (Å²) in [5, 5.41) is 16.9. The van der Waals surface area contributed by atoms with Crippen molar-refractivity contribution in [3.63, 3.8) is 0 Å². The molecule has 0 saturated carbocycles. The van der Waals surface area contributed by atoms with Crippen molar-refractivity contribution in [3.05, 3.63) is 34.1 Å². The van der Waals surface area contributed by atoms with Crippen molar-refractivity contribution in [2.24, 2.45) is 5.92 Å². The molecule has 92 valence electrons. The maximum Gasteiger partial charge on any atom is 0.292 e. The molecule has 5 nitrogen and oxygen atoms in total. The summed E-state index contributed by atoms with van der Waals surface area (Å²) in [4.78, 5) is 10.3. The quantitative estimate of drug-likeness (QED) is 0.620. The predicted octanol–water partition coefficient (Wildman–Crippen LogP) is 1.76. The molecule has 1 aromatic carbocycles. The van der Waals surface area contributed by atoms with E-state index in [0.717, 1.165) is 25.6 Å². The van der Waals surface area contributed by atoms with Crippen LogP contribution in [-0.2, 0) is 0 Å². The Hall–Kier alpha value is -1.69. The minimum absolute atomic E-state index is 0.0858. The summed E-state index contributed by atoms with van der Waals surface area (Å²) in [5.41, 5.74) is 0.166. The third-order valence-corrected chi connectivity index (χ3v) is 2.90. The lowest BCUT2D eigenvalue weighted by atomic mass is 10.1. The zero-order valence-electron chi connectivity index (χ0n) is 9.28. The van der Waals surface area contributed by atoms with Crippen LogP contribution in [0.25, 0.3) is 0 Å². The van der Waals surface area contributed by atoms with Crippen molar-refractivity contribution in [3.8, 4) is 0 Å². The van der Waals surface area contributed by atoms with Gasteiger partial charge >= 0.3 is 0 Å². The van der Waals surface area contributed by atoms with Gasteiger partial charge in [0.05, 0.1) is 4.92 Å². The molecule has 17 heavy (non-hydrogen) atoms. The second-order valence-corrected chi connectivity index (χ2v) is 4.16. The number of benzene rings is 1. The Labute approximate surface area is 98.2 Å². The summed E-state index contributed by atoms with van der Waals surface area (Å²) in [6, 6.07) is 3.45. The number of nitrogens with zero attached hydrogens (tertiary/aromatic N) is 1. The van der Waals surface area contributed by atoms with E-state index in [0.29, 0.717) is 12.5 Å². The van der Waals surface area contributed by atoms with Crippen LogP contribution in [0.2, 0.25) is 0 Å². The van der Waals surface area contributed by atoms with Gasteiger partial charge in [0.2, 0.25) is 0 Å². The fourth-order valence-corrected chi connectivity index (χ4v) is 1.95. The van der Waals surface area contributed by atoms with Crippen LogP contribution in [0.1, 0.15) is 6.42 Å². The molecule has 2 rings (SSSR count). The summed E-state index contributed by atoms with van der Waals surface area (Å²) < 4.78 is 13.0. The molecule has 1 fully saturated rings. The van der Waals surface area contributed by atoms with Crippen molar-refractivity contribution in [2.75, 3.05) is 25.0 Å². The molecule has 0 aromatic heterocycles. The Bertz CT molecular complexity index is 419. The first-order valence-electron chi connectivity index (χ1n) is 5.55. The van der Waals surface area contributed by atoms with Crippen molar-refractivity contribution >= 4 is 11.4 Å². The van der Waals surface area contributed by atoms with Crippen LogP contribution in [-0.4, -0.2) is 24.6 Å². The molecule has 0 aliphatic carbocycles. The van der Waals surface area contributed by atoms with Gasteiger partial charge in [0.1, 0.15) is 11.5 Å². The number of hydrogen-bond donors (Lipinski definition) is 2. The van der Waals surface area contributed by atoms with E-state index in [1.165, 1.54) is 12.1 Å². The van der Waals surface area contributed by atoms with Gasteiger partial charge in [-0.15, -0.1) is 0 Å². The molecule has 1 heterocycles. The molecular weight excluding hydrogens is 225 g/mol. The normalized spacial score (nSPS) is 19.2. The Morgan fingerprint density at radius 1 is 1.59 bits per heavy atom. The fraction of sp³-hybridized carbons (Fsp3) is 0.455. The SMILES string of the molecule is O=[N+]([O-])c1ccc(F)cc1NC[C@@H]1CCNC1. The van der Waals surface area contributed by atoms with E-state index < -0.39 is 10.7 Å². The van der Waals surface area contributed by atoms with E-state index >= 15 is 0 Å². The van der Waals surface area contributed by atoms with Crippen LogP contribution in [0.3, 0.4) is 0 Å². The lowest BCUT2D eigenvalue weighted by Crippen LogP contribution is -2.17. The average molecular weight is 239 g/mol. The van der Waals surface area contributed by atoms with Crippen LogP contribution in [0.5, 0.6) is 0 Å². The molecule has 1 saturated heterocycles. The second kappa shape index (κ2) is 5.09. The van der Waals surface area contributed by atoms with Gasteiger partial charge in [-0.2, -0.15) is 0 Å². The number of halogens is 1. The van der Waals surface area contributed by atoms with Crippen LogP contribution in [0, 0.1) is 21.8 Å². The zero-order valence-corrected chi connectivity index (χ0v) is 9.28. The Morgan fingerprint density at radius 3 is 3.06 bits per heavy atom. The first-order chi connectivity index (χ1) is 8.16. The molecule has 1 aliphatic rings. The molecule has 0 radical (unpaired) electrons. The van der Waals surface area contributed by atoms with E-state index in [-0.39, 0.29) is 11.4 Å². The maximum atomic E-state index is 13.0. The smallest absolute Gasteiger partial charge is 0.292 e. The van der Waals surface area contributed by atoms with E-state index in [9.17, 15) is 14.5 Å². The maximum absolute atomic E-state index is 13.0. The molecule has 1 aliphatic heterocycles. The highest BCUT2D eigenvalue weighted by Crippen LogP contribution is 2.25. The summed E-state index contributed by atoms with van der Waals surface area (Å²) in [6.07, 6.45) is 1.04. The van der Waals surface area contributed by atoms with Gasteiger partial charge < -0.3 is 10.6 Å². The lowest BCUT2D eigenvalue weighted by Gasteiger charge is -2.11. The molecule has 0 amide bonds. The Morgan fingerprint density at radius 2 is 2.41 bits per heavy atom. The van der Waals surface area contributed by atoms with Crippen molar-refractivity contribution < 1.29 is 9.31 Å². The highest BCUT2D eigenvalue weighted by molar-refractivity contribution is 5.61. The molecule has 0 spiro atoms. The summed E-state index contributed by atoms with van der Waals surface area (Å²) in [7, 11) is 0. The lowest BCUT2D eigenvalue weighted by molar-refractivity contribution is -0.384. The Kier molecular flexibility index (Phi) is 3.53. The number of hydrogen-bond acceptors (Lipinski definition) is 4. The van der Waals surface area contributed by atoms with Crippen LogP contribution >= 0.6 is 0 Å². The van der Waals surface area contributed by atoms with E-state index in [4.69, 9.17) is 0 Å². The molecule has 0 bridgehead atoms. The number of nitro groups is 1. The molecule has 1 atom stereocenters. The first kappa shape index (κ1) is 11.8. The number of nitro benzene ring substituents is 1. The number of anilines is 1. The van der Waals surface area contributed by atoms with E-state index in [1.807, 2.05) is 0 Å². The molecule has 2 N–H and O–H groups in total. The number of nitrogens with one attached hydrogen (secondary N) is 2. The van der Waals surface area contributed by atoms with Crippen molar-refractivity contribution in [1.82, 2.24) is 5.32 Å². The summed E-state index contributed by atoms with van der Waals surface area (Å²) in [5.74, 6) is -0.0273. The van der Waals surface area contributed by atoms with Gasteiger partial charge in [-0.25, -0.2) is 4.39 Å². The Balaban J connectivity index is 2.07. The van der Waals surface area contributed by atoms with Gasteiger partial charge in [-0.3, -0.25) is 10.1 Å². The average Bonchev–Trinajstić information content (AvgIpc) is 2.78. The van der Waals surface area contributed by atoms with Gasteiger partial charge in [-0.1, -0.05) is 0 Å². The van der Waals surface area contributed by atoms with Gasteiger partial charge in [0.15, 0.2) is 0 Å². The van der Waals surface area contributed by atoms with E-state index in [2.05, 4.69) is 10.6 Å². The fourth-order valence-electron chi connectivity index (χ4n) is 1.95.